The van der Waals surface area contributed by atoms with E-state index in [9.17, 15) is 4.79 Å². The Morgan fingerprint density at radius 2 is 2.36 bits per heavy atom. The third kappa shape index (κ3) is 6.15. The van der Waals surface area contributed by atoms with E-state index in [-0.39, 0.29) is 5.91 Å². The van der Waals surface area contributed by atoms with Crippen LogP contribution in [0.2, 0.25) is 0 Å². The predicted molar refractivity (Wildman–Crippen MR) is 47.9 cm³/mol. The molecule has 66 valence electrons. The number of amides is 1. The van der Waals surface area contributed by atoms with Gasteiger partial charge in [-0.15, -0.1) is 11.8 Å². The fourth-order valence-electron chi connectivity index (χ4n) is 0.578. The van der Waals surface area contributed by atoms with Crippen molar-refractivity contribution in [3.63, 3.8) is 0 Å². The molecule has 0 heterocycles. The normalized spacial score (nSPS) is 12.6. The molecule has 0 spiro atoms. The lowest BCUT2D eigenvalue weighted by Gasteiger charge is -2.07. The first kappa shape index (κ1) is 10.7. The molecule has 0 bridgehead atoms. The Kier molecular flexibility index (Phi) is 6.30. The maximum Gasteiger partial charge on any atom is 0.243 e. The Morgan fingerprint density at radius 1 is 1.73 bits per heavy atom. The maximum absolute atomic E-state index is 10.6. The van der Waals surface area contributed by atoms with E-state index in [1.165, 1.54) is 0 Å². The Hall–Kier alpha value is -0.260. The summed E-state index contributed by atoms with van der Waals surface area (Å²) in [6.45, 7) is 2.71. The van der Waals surface area contributed by atoms with E-state index in [1.54, 1.807) is 11.8 Å². The molecule has 0 aliphatic heterocycles. The van der Waals surface area contributed by atoms with Crippen LogP contribution in [0.15, 0.2) is 0 Å². The van der Waals surface area contributed by atoms with Gasteiger partial charge in [-0.2, -0.15) is 0 Å². The van der Waals surface area contributed by atoms with E-state index >= 15 is 0 Å². The van der Waals surface area contributed by atoms with E-state index in [4.69, 9.17) is 11.6 Å². The standard InChI is InChI=1S/C6H15N3OS/c1-5(2-3-7)11-4-6(10)9-8/h5H,2-4,7-8H2,1H3,(H,9,10). The molecule has 1 atom stereocenters. The van der Waals surface area contributed by atoms with Crippen molar-refractivity contribution < 1.29 is 4.79 Å². The quantitative estimate of drug-likeness (QED) is 0.299. The van der Waals surface area contributed by atoms with Crippen LogP contribution in [0.3, 0.4) is 0 Å². The highest BCUT2D eigenvalue weighted by molar-refractivity contribution is 8.00. The third-order valence-electron chi connectivity index (χ3n) is 1.23. The van der Waals surface area contributed by atoms with Crippen molar-refractivity contribution >= 4 is 17.7 Å². The van der Waals surface area contributed by atoms with Crippen molar-refractivity contribution in [2.45, 2.75) is 18.6 Å². The Labute approximate surface area is 71.0 Å². The lowest BCUT2D eigenvalue weighted by Crippen LogP contribution is -2.32. The van der Waals surface area contributed by atoms with Crippen LogP contribution in [0.25, 0.3) is 0 Å². The first-order valence-corrected chi connectivity index (χ1v) is 4.56. The largest absolute Gasteiger partial charge is 0.330 e. The summed E-state index contributed by atoms with van der Waals surface area (Å²) >= 11 is 1.56. The van der Waals surface area contributed by atoms with Crippen molar-refractivity contribution in [3.05, 3.63) is 0 Å². The van der Waals surface area contributed by atoms with Gasteiger partial charge in [0.1, 0.15) is 0 Å². The van der Waals surface area contributed by atoms with E-state index in [0.29, 0.717) is 17.5 Å². The molecule has 0 aliphatic rings. The second kappa shape index (κ2) is 6.45. The summed E-state index contributed by atoms with van der Waals surface area (Å²) in [5, 5.41) is 0.428. The summed E-state index contributed by atoms with van der Waals surface area (Å²) < 4.78 is 0. The average Bonchev–Trinajstić information content (AvgIpc) is 2.01. The van der Waals surface area contributed by atoms with E-state index in [1.807, 2.05) is 6.92 Å². The smallest absolute Gasteiger partial charge is 0.243 e. The van der Waals surface area contributed by atoms with Crippen molar-refractivity contribution in [1.82, 2.24) is 5.43 Å². The van der Waals surface area contributed by atoms with Crippen molar-refractivity contribution in [3.8, 4) is 0 Å². The Balaban J connectivity index is 3.29. The molecule has 0 aromatic rings. The molecule has 5 N–H and O–H groups in total. The SMILES string of the molecule is CC(CCN)SCC(=O)NN. The van der Waals surface area contributed by atoms with Crippen molar-refractivity contribution in [2.24, 2.45) is 11.6 Å². The minimum absolute atomic E-state index is 0.140. The van der Waals surface area contributed by atoms with Crippen LogP contribution < -0.4 is 17.0 Å². The fourth-order valence-corrected chi connectivity index (χ4v) is 1.40. The van der Waals surface area contributed by atoms with Crippen LogP contribution in [0, 0.1) is 0 Å². The van der Waals surface area contributed by atoms with Crippen molar-refractivity contribution in [2.75, 3.05) is 12.3 Å². The number of thioether (sulfide) groups is 1. The number of nitrogens with two attached hydrogens (primary N) is 2. The van der Waals surface area contributed by atoms with Crippen LogP contribution in [0.1, 0.15) is 13.3 Å². The second-order valence-corrected chi connectivity index (χ2v) is 3.69. The summed E-state index contributed by atoms with van der Waals surface area (Å²) in [4.78, 5) is 10.6. The molecule has 1 amide bonds. The molecule has 0 aliphatic carbocycles. The zero-order chi connectivity index (χ0) is 8.69. The van der Waals surface area contributed by atoms with Gasteiger partial charge < -0.3 is 5.73 Å². The molecule has 0 saturated carbocycles. The highest BCUT2D eigenvalue weighted by Gasteiger charge is 2.04. The monoisotopic (exact) mass is 177 g/mol. The topological polar surface area (TPSA) is 81.1 Å². The van der Waals surface area contributed by atoms with E-state index in [2.05, 4.69) is 5.43 Å². The molecule has 0 fully saturated rings. The number of nitrogens with one attached hydrogen (secondary N) is 1. The molecule has 0 aromatic carbocycles. The summed E-state index contributed by atoms with van der Waals surface area (Å²) in [5.41, 5.74) is 7.40. The van der Waals surface area contributed by atoms with Gasteiger partial charge in [-0.1, -0.05) is 6.92 Å². The number of hydrogen-bond acceptors (Lipinski definition) is 4. The summed E-state index contributed by atoms with van der Waals surface area (Å²) in [6.07, 6.45) is 0.933. The molecule has 4 nitrogen and oxygen atoms in total. The highest BCUT2D eigenvalue weighted by atomic mass is 32.2. The molecular formula is C6H15N3OS. The van der Waals surface area contributed by atoms with Gasteiger partial charge >= 0.3 is 0 Å². The zero-order valence-corrected chi connectivity index (χ0v) is 7.49. The maximum atomic E-state index is 10.6. The van der Waals surface area contributed by atoms with Gasteiger partial charge in [0.15, 0.2) is 0 Å². The van der Waals surface area contributed by atoms with Crippen molar-refractivity contribution in [1.29, 1.82) is 0 Å². The molecule has 0 radical (unpaired) electrons. The first-order chi connectivity index (χ1) is 5.20. The van der Waals surface area contributed by atoms with Crippen LogP contribution in [0.4, 0.5) is 0 Å². The summed E-state index contributed by atoms with van der Waals surface area (Å²) in [6, 6.07) is 0. The van der Waals surface area contributed by atoms with Crippen LogP contribution in [-0.4, -0.2) is 23.5 Å². The number of hydrogen-bond donors (Lipinski definition) is 3. The molecule has 5 heteroatoms. The molecule has 0 aromatic heterocycles. The third-order valence-corrected chi connectivity index (χ3v) is 2.47. The first-order valence-electron chi connectivity index (χ1n) is 3.51. The molecule has 11 heavy (non-hydrogen) atoms. The van der Waals surface area contributed by atoms with Gasteiger partial charge in [-0.05, 0) is 13.0 Å². The van der Waals surface area contributed by atoms with E-state index in [0.717, 1.165) is 6.42 Å². The lowest BCUT2D eigenvalue weighted by molar-refractivity contribution is -0.118. The van der Waals surface area contributed by atoms with Gasteiger partial charge in [-0.3, -0.25) is 10.2 Å². The number of carbonyl (C=O) groups excluding carboxylic acids is 1. The fraction of sp³-hybridized carbons (Fsp3) is 0.833. The zero-order valence-electron chi connectivity index (χ0n) is 6.67. The van der Waals surface area contributed by atoms with Crippen LogP contribution in [-0.2, 0) is 4.79 Å². The number of carbonyl (C=O) groups is 1. The number of rotatable bonds is 5. The minimum atomic E-state index is -0.140. The van der Waals surface area contributed by atoms with Crippen LogP contribution >= 0.6 is 11.8 Å². The second-order valence-electron chi connectivity index (χ2n) is 2.27. The Morgan fingerprint density at radius 3 is 2.82 bits per heavy atom. The predicted octanol–water partition coefficient (Wildman–Crippen LogP) is -0.553. The minimum Gasteiger partial charge on any atom is -0.330 e. The van der Waals surface area contributed by atoms with Gasteiger partial charge in [-0.25, -0.2) is 5.84 Å². The lowest BCUT2D eigenvalue weighted by atomic mass is 10.3. The highest BCUT2D eigenvalue weighted by Crippen LogP contribution is 2.11. The number of hydrazine groups is 1. The Bertz CT molecular complexity index is 120. The van der Waals surface area contributed by atoms with E-state index < -0.39 is 0 Å². The molecule has 0 rings (SSSR count). The van der Waals surface area contributed by atoms with Gasteiger partial charge in [0.25, 0.3) is 0 Å². The van der Waals surface area contributed by atoms with Gasteiger partial charge in [0.2, 0.25) is 5.91 Å². The summed E-state index contributed by atoms with van der Waals surface area (Å²) in [5.74, 6) is 5.17. The molecule has 1 unspecified atom stereocenters. The van der Waals surface area contributed by atoms with Crippen LogP contribution in [0.5, 0.6) is 0 Å². The average molecular weight is 177 g/mol. The molecular weight excluding hydrogens is 162 g/mol. The summed E-state index contributed by atoms with van der Waals surface area (Å²) in [7, 11) is 0. The molecule has 0 saturated heterocycles. The van der Waals surface area contributed by atoms with Gasteiger partial charge in [0.05, 0.1) is 5.75 Å². The van der Waals surface area contributed by atoms with Gasteiger partial charge in [0, 0.05) is 5.25 Å².